The first-order valence-electron chi connectivity index (χ1n) is 9.60. The van der Waals surface area contributed by atoms with Gasteiger partial charge in [-0.25, -0.2) is 9.37 Å². The minimum atomic E-state index is -0.326. The third kappa shape index (κ3) is 2.61. The summed E-state index contributed by atoms with van der Waals surface area (Å²) in [5, 5.41) is 0. The molecule has 0 amide bonds. The minimum Gasteiger partial charge on any atom is -0.300 e. The molecule has 1 fully saturated rings. The number of carbonyl (C=O) groups excluding carboxylic acids is 1. The van der Waals surface area contributed by atoms with Crippen LogP contribution in [-0.4, -0.2) is 21.0 Å². The third-order valence-corrected chi connectivity index (χ3v) is 5.57. The molecule has 1 aliphatic carbocycles. The molecule has 2 aliphatic rings. The largest absolute Gasteiger partial charge is 0.300 e. The van der Waals surface area contributed by atoms with Crippen LogP contribution in [-0.2, 0) is 0 Å². The molecule has 1 atom stereocenters. The van der Waals surface area contributed by atoms with E-state index in [0.717, 1.165) is 16.9 Å². The van der Waals surface area contributed by atoms with Gasteiger partial charge >= 0.3 is 0 Å². The average Bonchev–Trinajstić information content (AvgIpc) is 3.45. The quantitative estimate of drug-likeness (QED) is 0.606. The van der Waals surface area contributed by atoms with Gasteiger partial charge in [0.15, 0.2) is 5.78 Å². The summed E-state index contributed by atoms with van der Waals surface area (Å²) in [4.78, 5) is 21.4. The Bertz CT molecular complexity index is 1140. The Morgan fingerprint density at radius 1 is 1.14 bits per heavy atom. The standard InChI is InChI=1S/C23H20FN3O/c1-13-23-21(14(2)28)25-12-27(23)20-10-9-16(15-7-8-15)11-18(20)22(26-13)17-5-3-4-6-19(17)24/h3-6,9-13,15H,7-8H2,1-2H3/t13-/m1/s1. The lowest BCUT2D eigenvalue weighted by Crippen LogP contribution is -2.09. The van der Waals surface area contributed by atoms with Crippen molar-refractivity contribution in [2.75, 3.05) is 0 Å². The normalized spacial score (nSPS) is 18.1. The van der Waals surface area contributed by atoms with Crippen molar-refractivity contribution < 1.29 is 9.18 Å². The van der Waals surface area contributed by atoms with Crippen LogP contribution in [0.2, 0.25) is 0 Å². The summed E-state index contributed by atoms with van der Waals surface area (Å²) in [5.41, 5.74) is 5.29. The topological polar surface area (TPSA) is 47.2 Å². The van der Waals surface area contributed by atoms with Gasteiger partial charge in [-0.15, -0.1) is 0 Å². The number of Topliss-reactive ketones (excluding diaryl/α,β-unsaturated/α-hetero) is 1. The molecule has 4 nitrogen and oxygen atoms in total. The summed E-state index contributed by atoms with van der Waals surface area (Å²) in [6, 6.07) is 12.7. The fourth-order valence-corrected chi connectivity index (χ4v) is 4.04. The fraction of sp³-hybridized carbons (Fsp3) is 0.261. The molecule has 0 radical (unpaired) electrons. The Morgan fingerprint density at radius 2 is 1.93 bits per heavy atom. The van der Waals surface area contributed by atoms with E-state index < -0.39 is 0 Å². The molecular formula is C23H20FN3O. The summed E-state index contributed by atoms with van der Waals surface area (Å²) in [5.74, 6) is 0.178. The Labute approximate surface area is 162 Å². The first kappa shape index (κ1) is 17.0. The van der Waals surface area contributed by atoms with E-state index >= 15 is 0 Å². The van der Waals surface area contributed by atoms with E-state index in [9.17, 15) is 9.18 Å². The Balaban J connectivity index is 1.81. The molecule has 3 aromatic rings. The highest BCUT2D eigenvalue weighted by Crippen LogP contribution is 2.42. The Hall–Kier alpha value is -3.08. The number of fused-ring (bicyclic) bond motifs is 3. The van der Waals surface area contributed by atoms with E-state index in [1.807, 2.05) is 23.6 Å². The number of halogens is 1. The predicted octanol–water partition coefficient (Wildman–Crippen LogP) is 5.00. The van der Waals surface area contributed by atoms with E-state index in [0.29, 0.717) is 22.9 Å². The van der Waals surface area contributed by atoms with Gasteiger partial charge in [0, 0.05) is 18.1 Å². The summed E-state index contributed by atoms with van der Waals surface area (Å²) in [7, 11) is 0. The number of rotatable bonds is 3. The van der Waals surface area contributed by atoms with Crippen LogP contribution >= 0.6 is 0 Å². The van der Waals surface area contributed by atoms with Gasteiger partial charge in [0.05, 0.1) is 23.1 Å². The van der Waals surface area contributed by atoms with Crippen molar-refractivity contribution >= 4 is 11.5 Å². The van der Waals surface area contributed by atoms with Gasteiger partial charge in [0.1, 0.15) is 17.8 Å². The van der Waals surface area contributed by atoms with Crippen LogP contribution in [0.25, 0.3) is 5.69 Å². The van der Waals surface area contributed by atoms with Crippen molar-refractivity contribution in [3.05, 3.63) is 82.7 Å². The molecule has 0 spiro atoms. The van der Waals surface area contributed by atoms with Gasteiger partial charge in [0.25, 0.3) is 0 Å². The van der Waals surface area contributed by atoms with Crippen LogP contribution in [0.5, 0.6) is 0 Å². The smallest absolute Gasteiger partial charge is 0.180 e. The van der Waals surface area contributed by atoms with Gasteiger partial charge in [-0.3, -0.25) is 14.4 Å². The molecule has 1 saturated carbocycles. The Kier molecular flexibility index (Phi) is 3.79. The zero-order valence-electron chi connectivity index (χ0n) is 15.8. The number of hydrogen-bond donors (Lipinski definition) is 0. The highest BCUT2D eigenvalue weighted by molar-refractivity contribution is 6.15. The zero-order valence-corrected chi connectivity index (χ0v) is 15.8. The van der Waals surface area contributed by atoms with E-state index in [2.05, 4.69) is 17.1 Å². The first-order valence-corrected chi connectivity index (χ1v) is 9.60. The summed E-state index contributed by atoms with van der Waals surface area (Å²) >= 11 is 0. The minimum absolute atomic E-state index is 0.0960. The summed E-state index contributed by atoms with van der Waals surface area (Å²) in [6.07, 6.45) is 4.05. The van der Waals surface area contributed by atoms with E-state index in [1.54, 1.807) is 18.5 Å². The second kappa shape index (κ2) is 6.23. The van der Waals surface area contributed by atoms with Crippen molar-refractivity contribution in [2.45, 2.75) is 38.6 Å². The maximum absolute atomic E-state index is 14.7. The number of nitrogens with zero attached hydrogens (tertiary/aromatic N) is 3. The van der Waals surface area contributed by atoms with E-state index in [-0.39, 0.29) is 17.6 Å². The Morgan fingerprint density at radius 3 is 2.64 bits per heavy atom. The van der Waals surface area contributed by atoms with Crippen LogP contribution in [0.4, 0.5) is 4.39 Å². The van der Waals surface area contributed by atoms with E-state index in [4.69, 9.17) is 4.99 Å². The van der Waals surface area contributed by atoms with Crippen LogP contribution in [0.1, 0.15) is 71.5 Å². The van der Waals surface area contributed by atoms with Crippen LogP contribution in [0.3, 0.4) is 0 Å². The first-order chi connectivity index (χ1) is 13.5. The van der Waals surface area contributed by atoms with Crippen molar-refractivity contribution in [1.29, 1.82) is 0 Å². The molecule has 1 aliphatic heterocycles. The van der Waals surface area contributed by atoms with Crippen molar-refractivity contribution in [1.82, 2.24) is 9.55 Å². The molecule has 2 heterocycles. The lowest BCUT2D eigenvalue weighted by Gasteiger charge is -2.14. The number of ketones is 1. The summed E-state index contributed by atoms with van der Waals surface area (Å²) < 4.78 is 16.6. The molecule has 0 saturated heterocycles. The van der Waals surface area contributed by atoms with Gasteiger partial charge in [-0.2, -0.15) is 0 Å². The van der Waals surface area contributed by atoms with Gasteiger partial charge in [0.2, 0.25) is 0 Å². The van der Waals surface area contributed by atoms with Gasteiger partial charge < -0.3 is 0 Å². The molecule has 5 rings (SSSR count). The highest BCUT2D eigenvalue weighted by Gasteiger charge is 2.30. The van der Waals surface area contributed by atoms with E-state index in [1.165, 1.54) is 31.4 Å². The zero-order chi connectivity index (χ0) is 19.4. The highest BCUT2D eigenvalue weighted by atomic mass is 19.1. The van der Waals surface area contributed by atoms with Crippen molar-refractivity contribution in [3.63, 3.8) is 0 Å². The third-order valence-electron chi connectivity index (χ3n) is 5.57. The molecule has 28 heavy (non-hydrogen) atoms. The fourth-order valence-electron chi connectivity index (χ4n) is 4.04. The number of imidazole rings is 1. The lowest BCUT2D eigenvalue weighted by molar-refractivity contribution is 0.101. The van der Waals surface area contributed by atoms with Crippen LogP contribution < -0.4 is 0 Å². The van der Waals surface area contributed by atoms with Crippen molar-refractivity contribution in [3.8, 4) is 5.69 Å². The maximum Gasteiger partial charge on any atom is 0.180 e. The van der Waals surface area contributed by atoms with Gasteiger partial charge in [-0.1, -0.05) is 18.2 Å². The second-order valence-corrected chi connectivity index (χ2v) is 7.59. The molecular weight excluding hydrogens is 353 g/mol. The number of carbonyl (C=O) groups is 1. The second-order valence-electron chi connectivity index (χ2n) is 7.59. The number of hydrogen-bond acceptors (Lipinski definition) is 3. The monoisotopic (exact) mass is 373 g/mol. The molecule has 0 N–H and O–H groups in total. The SMILES string of the molecule is CC(=O)c1ncn2c1[C@@H](C)N=C(c1ccccc1F)c1cc(C3CC3)ccc1-2. The van der Waals surface area contributed by atoms with Crippen molar-refractivity contribution in [2.24, 2.45) is 4.99 Å². The lowest BCUT2D eigenvalue weighted by atomic mass is 9.96. The number of aliphatic imine (C=N–C) groups is 1. The molecule has 140 valence electrons. The summed E-state index contributed by atoms with van der Waals surface area (Å²) in [6.45, 7) is 3.44. The molecule has 0 bridgehead atoms. The number of benzene rings is 2. The number of aromatic nitrogens is 2. The predicted molar refractivity (Wildman–Crippen MR) is 106 cm³/mol. The molecule has 5 heteroatoms. The van der Waals surface area contributed by atoms with Crippen LogP contribution in [0.15, 0.2) is 53.8 Å². The molecule has 1 aromatic heterocycles. The average molecular weight is 373 g/mol. The molecule has 2 aromatic carbocycles. The molecule has 0 unspecified atom stereocenters. The maximum atomic E-state index is 14.7. The van der Waals surface area contributed by atoms with Gasteiger partial charge in [-0.05, 0) is 55.5 Å². The van der Waals surface area contributed by atoms with Crippen LogP contribution in [0, 0.1) is 5.82 Å².